The van der Waals surface area contributed by atoms with Crippen LogP contribution in [0.3, 0.4) is 0 Å². The first-order valence-corrected chi connectivity index (χ1v) is 10.1. The van der Waals surface area contributed by atoms with E-state index in [2.05, 4.69) is 17.2 Å². The molecule has 2 aromatic rings. The summed E-state index contributed by atoms with van der Waals surface area (Å²) >= 11 is 0. The van der Waals surface area contributed by atoms with Gasteiger partial charge in [0.1, 0.15) is 23.9 Å². The Bertz CT molecular complexity index is 882. The van der Waals surface area contributed by atoms with E-state index >= 15 is 0 Å². The number of amides is 1. The van der Waals surface area contributed by atoms with E-state index in [9.17, 15) is 4.79 Å². The minimum Gasteiger partial charge on any atom is -0.497 e. The number of nitrogens with zero attached hydrogens (tertiary/aromatic N) is 2. The predicted octanol–water partition coefficient (Wildman–Crippen LogP) is 2.58. The fourth-order valence-electron chi connectivity index (χ4n) is 4.05. The zero-order valence-electron chi connectivity index (χ0n) is 16.6. The molecular formula is C22H27N3O3. The Balaban J connectivity index is 1.32. The summed E-state index contributed by atoms with van der Waals surface area (Å²) in [5, 5.41) is 3.03. The van der Waals surface area contributed by atoms with Crippen LogP contribution in [0.2, 0.25) is 0 Å². The van der Waals surface area contributed by atoms with Crippen LogP contribution in [0.5, 0.6) is 11.5 Å². The monoisotopic (exact) mass is 381 g/mol. The summed E-state index contributed by atoms with van der Waals surface area (Å²) in [6.45, 7) is 3.00. The lowest BCUT2D eigenvalue weighted by atomic mass is 9.95. The van der Waals surface area contributed by atoms with Crippen molar-refractivity contribution >= 4 is 5.91 Å². The highest BCUT2D eigenvalue weighted by Crippen LogP contribution is 2.31. The Morgan fingerprint density at radius 3 is 3.00 bits per heavy atom. The summed E-state index contributed by atoms with van der Waals surface area (Å²) in [6.07, 6.45) is 5.90. The van der Waals surface area contributed by atoms with Crippen molar-refractivity contribution in [2.24, 2.45) is 5.92 Å². The molecule has 1 aromatic carbocycles. The van der Waals surface area contributed by atoms with Gasteiger partial charge in [0, 0.05) is 30.4 Å². The standard InChI is InChI=1S/C22H27N3O3/c1-14-18-5-3-4-6-19(18)25-21(24-14)9-10-23-22(26)16-11-15-7-8-17(27-2)12-20(15)28-13-16/h7-8,12,16H,3-6,9-11,13H2,1-2H3,(H,23,26)/t16-/m1/s1. The van der Waals surface area contributed by atoms with Gasteiger partial charge in [-0.1, -0.05) is 6.07 Å². The van der Waals surface area contributed by atoms with Gasteiger partial charge in [-0.3, -0.25) is 4.79 Å². The molecule has 1 N–H and O–H groups in total. The summed E-state index contributed by atoms with van der Waals surface area (Å²) < 4.78 is 11.0. The molecule has 1 atom stereocenters. The van der Waals surface area contributed by atoms with Gasteiger partial charge in [-0.25, -0.2) is 9.97 Å². The topological polar surface area (TPSA) is 73.3 Å². The third-order valence-corrected chi connectivity index (χ3v) is 5.64. The molecule has 1 amide bonds. The van der Waals surface area contributed by atoms with E-state index in [1.807, 2.05) is 18.2 Å². The first-order chi connectivity index (χ1) is 13.6. The van der Waals surface area contributed by atoms with Crippen molar-refractivity contribution in [1.82, 2.24) is 15.3 Å². The van der Waals surface area contributed by atoms with E-state index < -0.39 is 0 Å². The van der Waals surface area contributed by atoms with Crippen molar-refractivity contribution in [3.63, 3.8) is 0 Å². The number of aromatic nitrogens is 2. The number of benzene rings is 1. The molecule has 6 heteroatoms. The van der Waals surface area contributed by atoms with E-state index in [1.54, 1.807) is 7.11 Å². The fourth-order valence-corrected chi connectivity index (χ4v) is 4.05. The molecule has 0 unspecified atom stereocenters. The number of hydrogen-bond acceptors (Lipinski definition) is 5. The van der Waals surface area contributed by atoms with Crippen molar-refractivity contribution in [3.05, 3.63) is 46.5 Å². The van der Waals surface area contributed by atoms with E-state index in [-0.39, 0.29) is 11.8 Å². The molecule has 0 fully saturated rings. The van der Waals surface area contributed by atoms with Gasteiger partial charge in [-0.15, -0.1) is 0 Å². The Hall–Kier alpha value is -2.63. The number of carbonyl (C=O) groups is 1. The van der Waals surface area contributed by atoms with Crippen LogP contribution in [0.1, 0.15) is 41.2 Å². The molecule has 0 saturated carbocycles. The summed E-state index contributed by atoms with van der Waals surface area (Å²) in [5.74, 6) is 2.25. The van der Waals surface area contributed by atoms with Gasteiger partial charge in [-0.2, -0.15) is 0 Å². The van der Waals surface area contributed by atoms with Crippen LogP contribution >= 0.6 is 0 Å². The lowest BCUT2D eigenvalue weighted by molar-refractivity contribution is -0.126. The highest BCUT2D eigenvalue weighted by Gasteiger charge is 2.26. The molecule has 28 heavy (non-hydrogen) atoms. The molecular weight excluding hydrogens is 354 g/mol. The van der Waals surface area contributed by atoms with Crippen LogP contribution in [0.25, 0.3) is 0 Å². The van der Waals surface area contributed by atoms with Crippen molar-refractivity contribution < 1.29 is 14.3 Å². The SMILES string of the molecule is COc1ccc2c(c1)OC[C@H](C(=O)NCCc1nc(C)c3c(n1)CCCC3)C2. The quantitative estimate of drug-likeness (QED) is 0.862. The number of aryl methyl sites for hydroxylation is 2. The lowest BCUT2D eigenvalue weighted by Gasteiger charge is -2.25. The maximum atomic E-state index is 12.6. The van der Waals surface area contributed by atoms with Crippen LogP contribution in [0, 0.1) is 12.8 Å². The average molecular weight is 381 g/mol. The van der Waals surface area contributed by atoms with Gasteiger partial charge in [0.05, 0.1) is 13.0 Å². The third kappa shape index (κ3) is 3.96. The van der Waals surface area contributed by atoms with Crippen LogP contribution in [-0.4, -0.2) is 36.1 Å². The molecule has 2 heterocycles. The van der Waals surface area contributed by atoms with Crippen molar-refractivity contribution in [2.75, 3.05) is 20.3 Å². The number of methoxy groups -OCH3 is 1. The Morgan fingerprint density at radius 2 is 2.14 bits per heavy atom. The summed E-state index contributed by atoms with van der Waals surface area (Å²) in [7, 11) is 1.63. The van der Waals surface area contributed by atoms with Gasteiger partial charge in [0.15, 0.2) is 0 Å². The molecule has 0 saturated heterocycles. The number of nitrogens with one attached hydrogen (secondary N) is 1. The van der Waals surface area contributed by atoms with Crippen molar-refractivity contribution in [3.8, 4) is 11.5 Å². The van der Waals surface area contributed by atoms with Gasteiger partial charge in [0.2, 0.25) is 5.91 Å². The molecule has 1 aliphatic heterocycles. The predicted molar refractivity (Wildman–Crippen MR) is 106 cm³/mol. The highest BCUT2D eigenvalue weighted by molar-refractivity contribution is 5.79. The van der Waals surface area contributed by atoms with Crippen LogP contribution in [0.4, 0.5) is 0 Å². The number of rotatable bonds is 5. The van der Waals surface area contributed by atoms with E-state index in [0.717, 1.165) is 41.4 Å². The first kappa shape index (κ1) is 18.7. The molecule has 1 aliphatic carbocycles. The molecule has 6 nitrogen and oxygen atoms in total. The van der Waals surface area contributed by atoms with E-state index in [0.29, 0.717) is 26.0 Å². The molecule has 0 radical (unpaired) electrons. The van der Waals surface area contributed by atoms with Crippen molar-refractivity contribution in [1.29, 1.82) is 0 Å². The second-order valence-electron chi connectivity index (χ2n) is 7.58. The van der Waals surface area contributed by atoms with Gasteiger partial charge in [-0.05, 0) is 56.2 Å². The van der Waals surface area contributed by atoms with Crippen LogP contribution in [-0.2, 0) is 30.5 Å². The number of carbonyl (C=O) groups excluding carboxylic acids is 1. The van der Waals surface area contributed by atoms with Crippen LogP contribution < -0.4 is 14.8 Å². The Kier molecular flexibility index (Phi) is 5.46. The van der Waals surface area contributed by atoms with E-state index in [1.165, 1.54) is 24.1 Å². The maximum Gasteiger partial charge on any atom is 0.226 e. The smallest absolute Gasteiger partial charge is 0.226 e. The zero-order valence-corrected chi connectivity index (χ0v) is 16.6. The molecule has 4 rings (SSSR count). The van der Waals surface area contributed by atoms with Gasteiger partial charge in [0.25, 0.3) is 0 Å². The van der Waals surface area contributed by atoms with Crippen molar-refractivity contribution in [2.45, 2.75) is 45.4 Å². The number of ether oxygens (including phenoxy) is 2. The first-order valence-electron chi connectivity index (χ1n) is 10.1. The summed E-state index contributed by atoms with van der Waals surface area (Å²) in [6, 6.07) is 5.74. The second kappa shape index (κ2) is 8.17. The second-order valence-corrected chi connectivity index (χ2v) is 7.58. The molecule has 0 bridgehead atoms. The van der Waals surface area contributed by atoms with Gasteiger partial charge < -0.3 is 14.8 Å². The molecule has 1 aromatic heterocycles. The number of hydrogen-bond donors (Lipinski definition) is 1. The fraction of sp³-hybridized carbons (Fsp3) is 0.500. The lowest BCUT2D eigenvalue weighted by Crippen LogP contribution is -2.38. The largest absolute Gasteiger partial charge is 0.497 e. The third-order valence-electron chi connectivity index (χ3n) is 5.64. The molecule has 148 valence electrons. The van der Waals surface area contributed by atoms with E-state index in [4.69, 9.17) is 14.5 Å². The minimum absolute atomic E-state index is 0.0242. The number of fused-ring (bicyclic) bond motifs is 2. The Labute approximate surface area is 165 Å². The van der Waals surface area contributed by atoms with Gasteiger partial charge >= 0.3 is 0 Å². The Morgan fingerprint density at radius 1 is 1.29 bits per heavy atom. The summed E-state index contributed by atoms with van der Waals surface area (Å²) in [5.41, 5.74) is 4.67. The maximum absolute atomic E-state index is 12.6. The summed E-state index contributed by atoms with van der Waals surface area (Å²) in [4.78, 5) is 21.9. The zero-order chi connectivity index (χ0) is 19.5. The van der Waals surface area contributed by atoms with Crippen LogP contribution in [0.15, 0.2) is 18.2 Å². The molecule has 0 spiro atoms. The minimum atomic E-state index is -0.174. The normalized spacial score (nSPS) is 17.9. The molecule has 2 aliphatic rings. The average Bonchev–Trinajstić information content (AvgIpc) is 2.73. The highest BCUT2D eigenvalue weighted by atomic mass is 16.5.